The van der Waals surface area contributed by atoms with Gasteiger partial charge in [-0.05, 0) is 96.8 Å². The summed E-state index contributed by atoms with van der Waals surface area (Å²) in [6, 6.07) is 20.0. The van der Waals surface area contributed by atoms with Crippen molar-refractivity contribution in [1.29, 1.82) is 0 Å². The van der Waals surface area contributed by atoms with Crippen molar-refractivity contribution in [2.75, 3.05) is 18.8 Å². The van der Waals surface area contributed by atoms with E-state index in [-0.39, 0.29) is 35.5 Å². The number of hydrogen-bond acceptors (Lipinski definition) is 7. The van der Waals surface area contributed by atoms with Crippen LogP contribution in [-0.2, 0) is 25.7 Å². The van der Waals surface area contributed by atoms with Gasteiger partial charge in [-0.2, -0.15) is 0 Å². The molecule has 282 valence electrons. The van der Waals surface area contributed by atoms with E-state index in [1.165, 1.54) is 11.0 Å². The zero-order chi connectivity index (χ0) is 38.3. The van der Waals surface area contributed by atoms with Crippen molar-refractivity contribution in [3.63, 3.8) is 0 Å². The predicted molar refractivity (Wildman–Crippen MR) is 206 cm³/mol. The fraction of sp³-hybridized carbons (Fsp3) is 0.447. The summed E-state index contributed by atoms with van der Waals surface area (Å²) in [5.74, 6) is -2.76. The van der Waals surface area contributed by atoms with Gasteiger partial charge in [-0.15, -0.1) is 0 Å². The highest BCUT2D eigenvalue weighted by Gasteiger charge is 2.40. The highest BCUT2D eigenvalue weighted by atomic mass is 35.5. The first kappa shape index (κ1) is 40.9. The van der Waals surface area contributed by atoms with E-state index in [2.05, 4.69) is 33.9 Å². The van der Waals surface area contributed by atoms with Gasteiger partial charge < -0.3 is 24.9 Å². The number of hydrogen-bond donors (Lipinski definition) is 3. The molecule has 0 unspecified atom stereocenters. The molecule has 4 N–H and O–H groups in total. The van der Waals surface area contributed by atoms with E-state index < -0.39 is 48.1 Å². The van der Waals surface area contributed by atoms with E-state index in [0.29, 0.717) is 11.4 Å². The molecule has 14 heteroatoms. The summed E-state index contributed by atoms with van der Waals surface area (Å²) in [7, 11) is -6.56. The number of nitrogens with two attached hydrogens (primary N) is 1. The Balaban J connectivity index is 1.52. The molecule has 0 radical (unpaired) electrons. The second kappa shape index (κ2) is 17.3. The van der Waals surface area contributed by atoms with Gasteiger partial charge in [0.1, 0.15) is 11.5 Å². The minimum atomic E-state index is -4.28. The number of nitrogens with one attached hydrogen (secondary N) is 1. The quantitative estimate of drug-likeness (QED) is 0.133. The van der Waals surface area contributed by atoms with E-state index in [0.717, 1.165) is 54.4 Å². The Bertz CT molecular complexity index is 1840. The molecule has 0 heterocycles. The number of halogens is 1. The maximum Gasteiger partial charge on any atom is 0.407 e. The molecule has 1 fully saturated rings. The first-order chi connectivity index (χ1) is 24.3. The van der Waals surface area contributed by atoms with Crippen LogP contribution in [0.1, 0.15) is 80.5 Å². The van der Waals surface area contributed by atoms with E-state index in [1.54, 1.807) is 18.2 Å². The van der Waals surface area contributed by atoms with Crippen LogP contribution in [0.3, 0.4) is 0 Å². The Morgan fingerprint density at radius 2 is 1.65 bits per heavy atom. The van der Waals surface area contributed by atoms with E-state index in [1.807, 2.05) is 47.2 Å². The van der Waals surface area contributed by atoms with Crippen molar-refractivity contribution in [1.82, 2.24) is 9.62 Å². The molecule has 0 bridgehead atoms. The number of amides is 3. The van der Waals surface area contributed by atoms with Crippen molar-refractivity contribution in [3.05, 3.63) is 88.4 Å². The van der Waals surface area contributed by atoms with Crippen molar-refractivity contribution >= 4 is 47.8 Å². The first-order valence-corrected chi connectivity index (χ1v) is 22.4. The number of carbonyl (C=O) groups is 3. The minimum Gasteiger partial charge on any atom is -0.490 e. The molecule has 0 aliphatic heterocycles. The van der Waals surface area contributed by atoms with Gasteiger partial charge in [-0.3, -0.25) is 9.59 Å². The second-order valence-corrected chi connectivity index (χ2v) is 21.8. The molecule has 3 aromatic carbocycles. The molecule has 1 saturated carbocycles. The smallest absolute Gasteiger partial charge is 0.407 e. The van der Waals surface area contributed by atoms with E-state index in [9.17, 15) is 27.9 Å². The Labute approximate surface area is 313 Å². The van der Waals surface area contributed by atoms with E-state index in [4.69, 9.17) is 26.5 Å². The maximum atomic E-state index is 13.1. The fourth-order valence-corrected chi connectivity index (χ4v) is 8.13. The van der Waals surface area contributed by atoms with Gasteiger partial charge in [0, 0.05) is 11.6 Å². The van der Waals surface area contributed by atoms with Crippen LogP contribution in [0.5, 0.6) is 5.75 Å². The van der Waals surface area contributed by atoms with Crippen molar-refractivity contribution in [2.45, 2.75) is 89.6 Å². The van der Waals surface area contributed by atoms with Crippen LogP contribution < -0.4 is 15.2 Å². The first-order valence-electron chi connectivity index (χ1n) is 17.5. The third-order valence-corrected chi connectivity index (χ3v) is 15.6. The minimum absolute atomic E-state index is 0.0290. The van der Waals surface area contributed by atoms with Gasteiger partial charge in [0.25, 0.3) is 5.91 Å². The molecule has 3 aromatic rings. The van der Waals surface area contributed by atoms with Gasteiger partial charge in [0.15, 0.2) is 8.32 Å². The number of sulfonamides is 1. The molecule has 4 rings (SSSR count). The lowest BCUT2D eigenvalue weighted by Crippen LogP contribution is -2.45. The van der Waals surface area contributed by atoms with Gasteiger partial charge in [0.05, 0.1) is 24.3 Å². The topological polar surface area (TPSA) is 165 Å². The summed E-state index contributed by atoms with van der Waals surface area (Å²) in [6.45, 7) is 11.1. The number of primary amides is 1. The van der Waals surface area contributed by atoms with Gasteiger partial charge in [0.2, 0.25) is 15.9 Å². The molecule has 3 amide bonds. The average molecular weight is 772 g/mol. The summed E-state index contributed by atoms with van der Waals surface area (Å²) in [5.41, 5.74) is 8.39. The van der Waals surface area contributed by atoms with Crippen LogP contribution >= 0.6 is 11.6 Å². The van der Waals surface area contributed by atoms with Crippen LogP contribution in [0.15, 0.2) is 66.7 Å². The lowest BCUT2D eigenvalue weighted by molar-refractivity contribution is -0.115. The number of carboxylic acid groups (broad SMARTS) is 1. The Morgan fingerprint density at radius 1 is 1.00 bits per heavy atom. The zero-order valence-corrected chi connectivity index (χ0v) is 33.1. The Hall–Kier alpha value is -3.91. The number of nitrogens with zero attached hydrogens (tertiary/aromatic N) is 1. The van der Waals surface area contributed by atoms with Gasteiger partial charge in [-0.1, -0.05) is 81.3 Å². The largest absolute Gasteiger partial charge is 0.490 e. The molecule has 1 aliphatic rings. The summed E-state index contributed by atoms with van der Waals surface area (Å²) in [6.07, 6.45) is 3.52. The van der Waals surface area contributed by atoms with E-state index >= 15 is 0 Å². The molecule has 0 spiro atoms. The molecule has 1 aliphatic carbocycles. The Morgan fingerprint density at radius 3 is 2.25 bits per heavy atom. The monoisotopic (exact) mass is 771 g/mol. The van der Waals surface area contributed by atoms with Gasteiger partial charge in [-0.25, -0.2) is 17.9 Å². The third kappa shape index (κ3) is 11.5. The predicted octanol–water partition coefficient (Wildman–Crippen LogP) is 7.55. The number of ether oxygens (including phenoxy) is 1. The standard InChI is InChI=1S/C38H50ClN3O8SSi/c1-38(2,3)52(4,5)50-34(29-10-9-11-30(39)22-29)24-42(37(45)46)21-20-26-14-16-27(17-15-26)28-18-19-32(36(44)41-51(47,48)25-35(40)43)33(23-28)49-31-12-7-6-8-13-31/h9-11,14-19,22-23,31,34H,6-8,12-13,20-21,24-25H2,1-5H3,(H2,40,43)(H,41,44)(H,45,46)/t34-/m1/s1. The lowest BCUT2D eigenvalue weighted by Gasteiger charge is -2.40. The normalized spacial score (nSPS) is 14.7. The van der Waals surface area contributed by atoms with Crippen molar-refractivity contribution in [3.8, 4) is 16.9 Å². The van der Waals surface area contributed by atoms with Crippen LogP contribution in [-0.4, -0.2) is 69.6 Å². The molecule has 52 heavy (non-hydrogen) atoms. The summed E-state index contributed by atoms with van der Waals surface area (Å²) < 4.78 is 39.5. The fourth-order valence-electron chi connectivity index (χ4n) is 5.81. The average Bonchev–Trinajstić information content (AvgIpc) is 3.05. The molecule has 0 saturated heterocycles. The van der Waals surface area contributed by atoms with Crippen LogP contribution in [0, 0.1) is 0 Å². The zero-order valence-electron chi connectivity index (χ0n) is 30.5. The highest BCUT2D eigenvalue weighted by Crippen LogP contribution is 2.40. The third-order valence-electron chi connectivity index (χ3n) is 9.73. The van der Waals surface area contributed by atoms with Crippen molar-refractivity contribution < 1.29 is 37.1 Å². The SMILES string of the molecule is CC(C)(C)[Si](C)(C)O[C@H](CN(CCc1ccc(-c2ccc(C(=O)NS(=O)(=O)CC(N)=O)c(OC3CCCCC3)c2)cc1)C(=O)O)c1cccc(Cl)c1. The van der Waals surface area contributed by atoms with Crippen LogP contribution in [0.2, 0.25) is 23.2 Å². The highest BCUT2D eigenvalue weighted by molar-refractivity contribution is 7.90. The number of rotatable bonds is 15. The summed E-state index contributed by atoms with van der Waals surface area (Å²) in [4.78, 5) is 38.1. The lowest BCUT2D eigenvalue weighted by atomic mass is 9.97. The van der Waals surface area contributed by atoms with Crippen LogP contribution in [0.4, 0.5) is 4.79 Å². The van der Waals surface area contributed by atoms with Crippen molar-refractivity contribution in [2.24, 2.45) is 5.73 Å². The summed E-state index contributed by atoms with van der Waals surface area (Å²) in [5, 5.41) is 10.7. The molecule has 1 atom stereocenters. The summed E-state index contributed by atoms with van der Waals surface area (Å²) >= 11 is 6.32. The number of benzene rings is 3. The second-order valence-electron chi connectivity index (χ2n) is 14.8. The molecule has 11 nitrogen and oxygen atoms in total. The number of carbonyl (C=O) groups excluding carboxylic acids is 2. The molecular formula is C38H50ClN3O8SSi. The van der Waals surface area contributed by atoms with Gasteiger partial charge >= 0.3 is 6.09 Å². The maximum absolute atomic E-state index is 13.1. The Kier molecular flexibility index (Phi) is 13.6. The molecule has 0 aromatic heterocycles. The molecular weight excluding hydrogens is 722 g/mol. The van der Waals surface area contributed by atoms with Crippen LogP contribution in [0.25, 0.3) is 11.1 Å².